The summed E-state index contributed by atoms with van der Waals surface area (Å²) in [7, 11) is 0. The Balaban J connectivity index is 1.57. The molecule has 1 N–H and O–H groups in total. The molecule has 0 radical (unpaired) electrons. The summed E-state index contributed by atoms with van der Waals surface area (Å²) in [5, 5.41) is 3.16. The molecule has 0 aliphatic heterocycles. The van der Waals surface area contributed by atoms with E-state index < -0.39 is 0 Å². The Hall–Kier alpha value is -0.830. The maximum atomic E-state index is 12.3. The van der Waals surface area contributed by atoms with Crippen LogP contribution in [0.15, 0.2) is 6.07 Å². The minimum Gasteiger partial charge on any atom is -0.351 e. The van der Waals surface area contributed by atoms with Crippen LogP contribution >= 0.6 is 11.3 Å². The number of hydrogen-bond acceptors (Lipinski definition) is 2. The number of aryl methyl sites for hydroxylation is 1. The van der Waals surface area contributed by atoms with Crippen LogP contribution in [0.1, 0.15) is 65.6 Å². The summed E-state index contributed by atoms with van der Waals surface area (Å²) in [6.45, 7) is 3.18. The molecule has 0 spiro atoms. The molecule has 1 fully saturated rings. The molecular formula is C17H25NOS. The molecule has 1 saturated carbocycles. The third-order valence-corrected chi connectivity index (χ3v) is 6.06. The molecule has 20 heavy (non-hydrogen) atoms. The predicted molar refractivity (Wildman–Crippen MR) is 84.4 cm³/mol. The molecule has 1 amide bonds. The van der Waals surface area contributed by atoms with E-state index in [2.05, 4.69) is 18.3 Å². The van der Waals surface area contributed by atoms with E-state index in [9.17, 15) is 4.79 Å². The van der Waals surface area contributed by atoms with Gasteiger partial charge in [0.1, 0.15) is 0 Å². The van der Waals surface area contributed by atoms with Gasteiger partial charge in [0.25, 0.3) is 5.91 Å². The second-order valence-corrected chi connectivity index (χ2v) is 7.76. The van der Waals surface area contributed by atoms with Crippen molar-refractivity contribution >= 4 is 17.2 Å². The summed E-state index contributed by atoms with van der Waals surface area (Å²) in [6, 6.07) is 2.14. The zero-order chi connectivity index (χ0) is 13.9. The number of thiophene rings is 1. The second-order valence-electron chi connectivity index (χ2n) is 6.62. The van der Waals surface area contributed by atoms with Crippen molar-refractivity contribution in [2.24, 2.45) is 11.8 Å². The summed E-state index contributed by atoms with van der Waals surface area (Å²) >= 11 is 1.72. The van der Waals surface area contributed by atoms with E-state index >= 15 is 0 Å². The molecule has 1 aromatic heterocycles. The van der Waals surface area contributed by atoms with Gasteiger partial charge in [-0.15, -0.1) is 11.3 Å². The highest BCUT2D eigenvalue weighted by atomic mass is 32.1. The fraction of sp³-hybridized carbons (Fsp3) is 0.706. The average molecular weight is 291 g/mol. The Morgan fingerprint density at radius 3 is 2.90 bits per heavy atom. The molecule has 1 atom stereocenters. The van der Waals surface area contributed by atoms with Gasteiger partial charge in [-0.1, -0.05) is 26.2 Å². The van der Waals surface area contributed by atoms with Gasteiger partial charge in [0.15, 0.2) is 0 Å². The van der Waals surface area contributed by atoms with Crippen LogP contribution in [-0.2, 0) is 12.8 Å². The van der Waals surface area contributed by atoms with E-state index in [1.165, 1.54) is 49.0 Å². The second kappa shape index (κ2) is 6.30. The molecule has 0 aromatic carbocycles. The predicted octanol–water partition coefficient (Wildman–Crippen LogP) is 4.18. The van der Waals surface area contributed by atoms with E-state index in [4.69, 9.17) is 0 Å². The highest BCUT2D eigenvalue weighted by molar-refractivity contribution is 7.14. The summed E-state index contributed by atoms with van der Waals surface area (Å²) in [4.78, 5) is 14.7. The first kappa shape index (κ1) is 14.1. The minimum atomic E-state index is 0.155. The van der Waals surface area contributed by atoms with Gasteiger partial charge in [0.05, 0.1) is 4.88 Å². The summed E-state index contributed by atoms with van der Waals surface area (Å²) in [5.41, 5.74) is 1.43. The quantitative estimate of drug-likeness (QED) is 0.889. The largest absolute Gasteiger partial charge is 0.351 e. The maximum absolute atomic E-state index is 12.3. The third-order valence-electron chi connectivity index (χ3n) is 4.83. The molecular weight excluding hydrogens is 266 g/mol. The maximum Gasteiger partial charge on any atom is 0.261 e. The van der Waals surface area contributed by atoms with E-state index in [1.807, 2.05) is 0 Å². The molecule has 110 valence electrons. The molecule has 2 nitrogen and oxygen atoms in total. The highest BCUT2D eigenvalue weighted by Crippen LogP contribution is 2.32. The SMILES string of the molecule is C[C@H]1CCc2sc(C(=O)NCC3CCCCC3)cc2C1. The van der Waals surface area contributed by atoms with Crippen LogP contribution in [0, 0.1) is 11.8 Å². The van der Waals surface area contributed by atoms with Crippen LogP contribution in [0.2, 0.25) is 0 Å². The van der Waals surface area contributed by atoms with Crippen molar-refractivity contribution in [2.45, 2.75) is 58.3 Å². The van der Waals surface area contributed by atoms with Gasteiger partial charge < -0.3 is 5.32 Å². The Kier molecular flexibility index (Phi) is 4.45. The standard InChI is InChI=1S/C17H25NOS/c1-12-7-8-15-14(9-12)10-16(20-15)17(19)18-11-13-5-3-2-4-6-13/h10,12-13H,2-9,11H2,1H3,(H,18,19)/t12-/m0/s1. The number of carbonyl (C=O) groups excluding carboxylic acids is 1. The fourth-order valence-corrected chi connectivity index (χ4v) is 4.66. The van der Waals surface area contributed by atoms with Crippen molar-refractivity contribution in [3.63, 3.8) is 0 Å². The number of hydrogen-bond donors (Lipinski definition) is 1. The van der Waals surface area contributed by atoms with Crippen LogP contribution < -0.4 is 5.32 Å². The normalized spacial score (nSPS) is 23.4. The molecule has 3 rings (SSSR count). The van der Waals surface area contributed by atoms with Gasteiger partial charge in [0.2, 0.25) is 0 Å². The summed E-state index contributed by atoms with van der Waals surface area (Å²) in [6.07, 6.45) is 10.2. The van der Waals surface area contributed by atoms with Crippen molar-refractivity contribution in [2.75, 3.05) is 6.54 Å². The fourth-order valence-electron chi connectivity index (χ4n) is 3.53. The Bertz CT molecular complexity index is 473. The number of rotatable bonds is 3. The van der Waals surface area contributed by atoms with Crippen molar-refractivity contribution in [3.05, 3.63) is 21.4 Å². The average Bonchev–Trinajstić information content (AvgIpc) is 2.89. The van der Waals surface area contributed by atoms with E-state index in [0.29, 0.717) is 5.92 Å². The number of carbonyl (C=O) groups is 1. The number of fused-ring (bicyclic) bond motifs is 1. The van der Waals surface area contributed by atoms with Crippen LogP contribution in [0.3, 0.4) is 0 Å². The van der Waals surface area contributed by atoms with Crippen molar-refractivity contribution in [3.8, 4) is 0 Å². The lowest BCUT2D eigenvalue weighted by Crippen LogP contribution is -2.29. The molecule has 0 bridgehead atoms. The van der Waals surface area contributed by atoms with Crippen molar-refractivity contribution in [1.29, 1.82) is 0 Å². The van der Waals surface area contributed by atoms with Gasteiger partial charge in [-0.25, -0.2) is 0 Å². The zero-order valence-corrected chi connectivity index (χ0v) is 13.2. The lowest BCUT2D eigenvalue weighted by Gasteiger charge is -2.21. The first-order valence-electron chi connectivity index (χ1n) is 8.12. The van der Waals surface area contributed by atoms with E-state index in [-0.39, 0.29) is 5.91 Å². The zero-order valence-electron chi connectivity index (χ0n) is 12.4. The van der Waals surface area contributed by atoms with Gasteiger partial charge in [0, 0.05) is 11.4 Å². The molecule has 0 unspecified atom stereocenters. The lowest BCUT2D eigenvalue weighted by atomic mass is 9.89. The Labute approximate surface area is 126 Å². The smallest absolute Gasteiger partial charge is 0.261 e. The summed E-state index contributed by atoms with van der Waals surface area (Å²) in [5.74, 6) is 1.64. The van der Waals surface area contributed by atoms with Gasteiger partial charge in [-0.2, -0.15) is 0 Å². The third kappa shape index (κ3) is 3.25. The first-order chi connectivity index (χ1) is 9.72. The van der Waals surface area contributed by atoms with E-state index in [0.717, 1.165) is 30.2 Å². The minimum absolute atomic E-state index is 0.155. The van der Waals surface area contributed by atoms with Gasteiger partial charge in [-0.3, -0.25) is 4.79 Å². The highest BCUT2D eigenvalue weighted by Gasteiger charge is 2.21. The molecule has 3 heteroatoms. The van der Waals surface area contributed by atoms with Crippen LogP contribution in [-0.4, -0.2) is 12.5 Å². The molecule has 1 aromatic rings. The monoisotopic (exact) mass is 291 g/mol. The van der Waals surface area contributed by atoms with Crippen LogP contribution in [0.25, 0.3) is 0 Å². The summed E-state index contributed by atoms with van der Waals surface area (Å²) < 4.78 is 0. The topological polar surface area (TPSA) is 29.1 Å². The first-order valence-corrected chi connectivity index (χ1v) is 8.94. The Morgan fingerprint density at radius 2 is 2.10 bits per heavy atom. The van der Waals surface area contributed by atoms with Crippen LogP contribution in [0.5, 0.6) is 0 Å². The molecule has 1 heterocycles. The molecule has 2 aliphatic carbocycles. The lowest BCUT2D eigenvalue weighted by molar-refractivity contribution is 0.0947. The van der Waals surface area contributed by atoms with E-state index in [1.54, 1.807) is 11.3 Å². The van der Waals surface area contributed by atoms with Gasteiger partial charge in [-0.05, 0) is 55.6 Å². The number of amides is 1. The van der Waals surface area contributed by atoms with Crippen LogP contribution in [0.4, 0.5) is 0 Å². The number of nitrogens with one attached hydrogen (secondary N) is 1. The Morgan fingerprint density at radius 1 is 1.30 bits per heavy atom. The van der Waals surface area contributed by atoms with Crippen molar-refractivity contribution in [1.82, 2.24) is 5.32 Å². The molecule has 0 saturated heterocycles. The van der Waals surface area contributed by atoms with Gasteiger partial charge >= 0.3 is 0 Å². The van der Waals surface area contributed by atoms with Crippen molar-refractivity contribution < 1.29 is 4.79 Å². The molecule has 2 aliphatic rings.